The van der Waals surface area contributed by atoms with Crippen LogP contribution in [0.1, 0.15) is 50.5 Å². The number of nitrogens with zero attached hydrogens (tertiary/aromatic N) is 2. The van der Waals surface area contributed by atoms with Gasteiger partial charge in [-0.25, -0.2) is 9.78 Å². The molecule has 2 fully saturated rings. The van der Waals surface area contributed by atoms with Gasteiger partial charge >= 0.3 is 12.2 Å². The quantitative estimate of drug-likeness (QED) is 0.851. The summed E-state index contributed by atoms with van der Waals surface area (Å²) in [7, 11) is 1.81. The van der Waals surface area contributed by atoms with E-state index in [1.165, 1.54) is 0 Å². The minimum absolute atomic E-state index is 0.406. The Morgan fingerprint density at radius 3 is 2.65 bits per heavy atom. The first-order valence-electron chi connectivity index (χ1n) is 9.09. The molecule has 1 aromatic rings. The Morgan fingerprint density at radius 1 is 1.31 bits per heavy atom. The fourth-order valence-corrected chi connectivity index (χ4v) is 3.93. The van der Waals surface area contributed by atoms with Gasteiger partial charge in [0, 0.05) is 26.0 Å². The summed E-state index contributed by atoms with van der Waals surface area (Å²) >= 11 is 0. The predicted molar refractivity (Wildman–Crippen MR) is 88.4 cm³/mol. The second kappa shape index (κ2) is 7.85. The highest BCUT2D eigenvalue weighted by Crippen LogP contribution is 2.35. The van der Waals surface area contributed by atoms with Crippen LogP contribution >= 0.6 is 0 Å². The molecule has 26 heavy (non-hydrogen) atoms. The maximum atomic E-state index is 13.5. The molecule has 0 spiro atoms. The number of amides is 2. The zero-order valence-corrected chi connectivity index (χ0v) is 14.8. The van der Waals surface area contributed by atoms with Crippen molar-refractivity contribution in [1.29, 1.82) is 0 Å². The molecule has 0 radical (unpaired) electrons. The van der Waals surface area contributed by atoms with Crippen molar-refractivity contribution in [3.63, 3.8) is 0 Å². The van der Waals surface area contributed by atoms with Crippen molar-refractivity contribution < 1.29 is 22.7 Å². The van der Waals surface area contributed by atoms with Crippen LogP contribution in [0, 0.1) is 5.92 Å². The van der Waals surface area contributed by atoms with Gasteiger partial charge in [0.1, 0.15) is 18.0 Å². The van der Waals surface area contributed by atoms with Crippen molar-refractivity contribution in [1.82, 2.24) is 20.2 Å². The standard InChI is InChI=1S/C17H25F3N4O2/c1-24-9-8-21-15(24)13-12(7-10-26-13)22-16(25)23-14(17(18,19)20)11-5-3-2-4-6-11/h8-9,11-14H,2-7,10H2,1H3,(H2,22,23,25)/t12-,13-,14?/m1/s1. The number of nitrogens with one attached hydrogen (secondary N) is 2. The first kappa shape index (κ1) is 19.0. The Bertz CT molecular complexity index is 613. The lowest BCUT2D eigenvalue weighted by molar-refractivity contribution is -0.167. The highest BCUT2D eigenvalue weighted by molar-refractivity contribution is 5.74. The molecule has 0 bridgehead atoms. The summed E-state index contributed by atoms with van der Waals surface area (Å²) in [5.74, 6) is 0.0899. The fourth-order valence-electron chi connectivity index (χ4n) is 3.93. The normalized spacial score (nSPS) is 25.8. The first-order valence-corrected chi connectivity index (χ1v) is 9.09. The third-order valence-corrected chi connectivity index (χ3v) is 5.28. The number of imidazole rings is 1. The van der Waals surface area contributed by atoms with Gasteiger partial charge in [0.2, 0.25) is 0 Å². The van der Waals surface area contributed by atoms with Crippen LogP contribution in [0.5, 0.6) is 0 Å². The minimum Gasteiger partial charge on any atom is -0.368 e. The smallest absolute Gasteiger partial charge is 0.368 e. The van der Waals surface area contributed by atoms with E-state index in [1.807, 2.05) is 7.05 Å². The number of rotatable bonds is 4. The molecule has 2 amide bonds. The highest BCUT2D eigenvalue weighted by atomic mass is 19.4. The molecule has 0 aromatic carbocycles. The summed E-state index contributed by atoms with van der Waals surface area (Å²) in [6.07, 6.45) is 2.50. The summed E-state index contributed by atoms with van der Waals surface area (Å²) in [6.45, 7) is 0.424. The molecular formula is C17H25F3N4O2. The number of carbonyl (C=O) groups is 1. The zero-order chi connectivity index (χ0) is 18.7. The van der Waals surface area contributed by atoms with Crippen LogP contribution in [0.3, 0.4) is 0 Å². The van der Waals surface area contributed by atoms with Crippen molar-refractivity contribution in [2.24, 2.45) is 13.0 Å². The number of aromatic nitrogens is 2. The molecule has 1 saturated heterocycles. The summed E-state index contributed by atoms with van der Waals surface area (Å²) in [4.78, 5) is 16.5. The van der Waals surface area contributed by atoms with Crippen molar-refractivity contribution >= 4 is 6.03 Å². The number of carbonyl (C=O) groups excluding carboxylic acids is 1. The second-order valence-electron chi connectivity index (χ2n) is 7.12. The maximum Gasteiger partial charge on any atom is 0.408 e. The van der Waals surface area contributed by atoms with Gasteiger partial charge in [0.15, 0.2) is 0 Å². The van der Waals surface area contributed by atoms with Crippen LogP contribution in [0.15, 0.2) is 12.4 Å². The SMILES string of the molecule is Cn1ccnc1[C@@H]1OCC[C@H]1NC(=O)NC(C1CCCCC1)C(F)(F)F. The molecule has 1 aromatic heterocycles. The number of hydrogen-bond donors (Lipinski definition) is 2. The van der Waals surface area contributed by atoms with Crippen molar-refractivity contribution in [2.45, 2.75) is 62.9 Å². The van der Waals surface area contributed by atoms with Gasteiger partial charge in [0.25, 0.3) is 0 Å². The number of alkyl halides is 3. The average Bonchev–Trinajstić information content (AvgIpc) is 3.21. The van der Waals surface area contributed by atoms with E-state index in [0.29, 0.717) is 31.7 Å². The Hall–Kier alpha value is -1.77. The topological polar surface area (TPSA) is 68.2 Å². The number of hydrogen-bond acceptors (Lipinski definition) is 3. The Kier molecular flexibility index (Phi) is 5.74. The fraction of sp³-hybridized carbons (Fsp3) is 0.765. The van der Waals surface area contributed by atoms with Gasteiger partial charge in [-0.2, -0.15) is 13.2 Å². The molecule has 146 valence electrons. The van der Waals surface area contributed by atoms with Gasteiger partial charge in [-0.05, 0) is 25.2 Å². The zero-order valence-electron chi connectivity index (χ0n) is 14.8. The van der Waals surface area contributed by atoms with Crippen LogP contribution in [0.4, 0.5) is 18.0 Å². The van der Waals surface area contributed by atoms with E-state index < -0.39 is 36.3 Å². The lowest BCUT2D eigenvalue weighted by Gasteiger charge is -2.32. The van der Waals surface area contributed by atoms with Crippen LogP contribution in [0.25, 0.3) is 0 Å². The first-order chi connectivity index (χ1) is 12.4. The van der Waals surface area contributed by atoms with Crippen LogP contribution in [-0.2, 0) is 11.8 Å². The largest absolute Gasteiger partial charge is 0.408 e. The summed E-state index contributed by atoms with van der Waals surface area (Å²) in [6, 6.07) is -3.01. The number of aryl methyl sites for hydroxylation is 1. The van der Waals surface area contributed by atoms with E-state index in [2.05, 4.69) is 15.6 Å². The van der Waals surface area contributed by atoms with E-state index in [9.17, 15) is 18.0 Å². The molecule has 1 saturated carbocycles. The van der Waals surface area contributed by atoms with Gasteiger partial charge in [0.05, 0.1) is 6.04 Å². The van der Waals surface area contributed by atoms with Crippen LogP contribution in [0.2, 0.25) is 0 Å². The number of halogens is 3. The van der Waals surface area contributed by atoms with Gasteiger partial charge in [-0.1, -0.05) is 19.3 Å². The molecule has 9 heteroatoms. The maximum absolute atomic E-state index is 13.5. The molecule has 2 heterocycles. The molecule has 2 N–H and O–H groups in total. The predicted octanol–water partition coefficient (Wildman–Crippen LogP) is 3.06. The Labute approximate surface area is 150 Å². The third kappa shape index (κ3) is 4.31. The van der Waals surface area contributed by atoms with E-state index in [1.54, 1.807) is 17.0 Å². The summed E-state index contributed by atoms with van der Waals surface area (Å²) in [5, 5.41) is 4.83. The van der Waals surface area contributed by atoms with Gasteiger partial charge < -0.3 is 19.9 Å². The van der Waals surface area contributed by atoms with E-state index >= 15 is 0 Å². The molecule has 3 atom stereocenters. The summed E-state index contributed by atoms with van der Waals surface area (Å²) in [5.41, 5.74) is 0. The summed E-state index contributed by atoms with van der Waals surface area (Å²) < 4.78 is 47.8. The van der Waals surface area contributed by atoms with Crippen molar-refractivity contribution in [3.05, 3.63) is 18.2 Å². The lowest BCUT2D eigenvalue weighted by Crippen LogP contribution is -2.55. The molecular weight excluding hydrogens is 349 g/mol. The number of ether oxygens (including phenoxy) is 1. The Morgan fingerprint density at radius 2 is 2.04 bits per heavy atom. The van der Waals surface area contributed by atoms with Gasteiger partial charge in [-0.15, -0.1) is 0 Å². The highest BCUT2D eigenvalue weighted by Gasteiger charge is 2.46. The van der Waals surface area contributed by atoms with Crippen LogP contribution in [-0.4, -0.2) is 40.4 Å². The molecule has 1 aliphatic heterocycles. The van der Waals surface area contributed by atoms with Crippen LogP contribution < -0.4 is 10.6 Å². The average molecular weight is 374 g/mol. The minimum atomic E-state index is -4.45. The Balaban J connectivity index is 1.63. The molecule has 1 aliphatic carbocycles. The van der Waals surface area contributed by atoms with E-state index in [-0.39, 0.29) is 0 Å². The molecule has 2 aliphatic rings. The second-order valence-corrected chi connectivity index (χ2v) is 7.12. The number of urea groups is 1. The van der Waals surface area contributed by atoms with E-state index in [0.717, 1.165) is 19.3 Å². The van der Waals surface area contributed by atoms with Crippen molar-refractivity contribution in [2.75, 3.05) is 6.61 Å². The molecule has 6 nitrogen and oxygen atoms in total. The van der Waals surface area contributed by atoms with Crippen molar-refractivity contribution in [3.8, 4) is 0 Å². The van der Waals surface area contributed by atoms with E-state index in [4.69, 9.17) is 4.74 Å². The lowest BCUT2D eigenvalue weighted by atomic mass is 9.83. The third-order valence-electron chi connectivity index (χ3n) is 5.28. The van der Waals surface area contributed by atoms with Gasteiger partial charge in [-0.3, -0.25) is 0 Å². The monoisotopic (exact) mass is 374 g/mol. The molecule has 3 rings (SSSR count). The molecule has 1 unspecified atom stereocenters.